The molecular weight excluding hydrogens is 509 g/mol. The van der Waals surface area contributed by atoms with Gasteiger partial charge in [0.1, 0.15) is 17.5 Å². The van der Waals surface area contributed by atoms with E-state index < -0.39 is 23.4 Å². The Hall–Kier alpha value is -3.70. The number of amides is 1. The lowest BCUT2D eigenvalue weighted by Crippen LogP contribution is -2.55. The van der Waals surface area contributed by atoms with Crippen molar-refractivity contribution in [1.82, 2.24) is 14.9 Å². The van der Waals surface area contributed by atoms with Crippen molar-refractivity contribution >= 4 is 23.2 Å². The Morgan fingerprint density at radius 3 is 2.15 bits per heavy atom. The number of anilines is 3. The molecule has 2 aliphatic rings. The van der Waals surface area contributed by atoms with E-state index >= 15 is 4.39 Å². The smallest absolute Gasteiger partial charge is 0.255 e. The summed E-state index contributed by atoms with van der Waals surface area (Å²) in [5.41, 5.74) is 1.26. The molecule has 5 rings (SSSR count). The summed E-state index contributed by atoms with van der Waals surface area (Å²) in [5, 5.41) is 2.76. The zero-order chi connectivity index (χ0) is 27.7. The summed E-state index contributed by atoms with van der Waals surface area (Å²) in [4.78, 5) is 28.2. The number of morpholine rings is 1. The van der Waals surface area contributed by atoms with Crippen molar-refractivity contribution in [2.75, 3.05) is 61.6 Å². The first-order valence-corrected chi connectivity index (χ1v) is 12.9. The molecule has 1 amide bonds. The molecule has 39 heavy (non-hydrogen) atoms. The number of nitrogens with zero attached hydrogens (tertiary/aromatic N) is 5. The van der Waals surface area contributed by atoms with Crippen LogP contribution in [0.3, 0.4) is 0 Å². The quantitative estimate of drug-likeness (QED) is 0.521. The van der Waals surface area contributed by atoms with Gasteiger partial charge >= 0.3 is 0 Å². The third-order valence-corrected chi connectivity index (χ3v) is 7.40. The number of aromatic nitrogens is 2. The standard InChI is InChI=1S/C28H31F3N6O2/c1-17-15-37(16-18(2)35(17)3)26-12-24(31)23(20-13-32-28(33-14-20)36-4-6-39-7-5-36)11-25(26)34-27(38)19-8-21(29)10-22(30)9-19/h8-14,17-18H,4-7,15-16H2,1-3H3,(H,34,38). The molecule has 2 unspecified atom stereocenters. The van der Waals surface area contributed by atoms with Crippen LogP contribution >= 0.6 is 0 Å². The third kappa shape index (κ3) is 5.84. The average Bonchev–Trinajstić information content (AvgIpc) is 2.92. The van der Waals surface area contributed by atoms with Crippen LogP contribution in [0.2, 0.25) is 0 Å². The molecule has 2 fully saturated rings. The van der Waals surface area contributed by atoms with Gasteiger partial charge in [-0.15, -0.1) is 0 Å². The first-order valence-electron chi connectivity index (χ1n) is 12.9. The molecular formula is C28H31F3N6O2. The van der Waals surface area contributed by atoms with Crippen LogP contribution in [0.25, 0.3) is 11.1 Å². The van der Waals surface area contributed by atoms with Gasteiger partial charge in [0, 0.05) is 73.4 Å². The zero-order valence-electron chi connectivity index (χ0n) is 22.1. The first-order chi connectivity index (χ1) is 18.7. The molecule has 3 heterocycles. The number of likely N-dealkylation sites (N-methyl/N-ethyl adjacent to an activating group) is 1. The summed E-state index contributed by atoms with van der Waals surface area (Å²) in [6, 6.07) is 5.89. The minimum absolute atomic E-state index is 0.178. The number of rotatable bonds is 5. The lowest BCUT2D eigenvalue weighted by Gasteiger charge is -2.44. The summed E-state index contributed by atoms with van der Waals surface area (Å²) < 4.78 is 48.6. The van der Waals surface area contributed by atoms with Crippen molar-refractivity contribution in [3.05, 3.63) is 65.7 Å². The number of hydrogen-bond donors (Lipinski definition) is 1. The van der Waals surface area contributed by atoms with Crippen LogP contribution in [0.4, 0.5) is 30.5 Å². The molecule has 1 N–H and O–H groups in total. The minimum atomic E-state index is -0.862. The van der Waals surface area contributed by atoms with Crippen LogP contribution in [0.15, 0.2) is 42.7 Å². The largest absolute Gasteiger partial charge is 0.378 e. The summed E-state index contributed by atoms with van der Waals surface area (Å²) in [7, 11) is 2.04. The highest BCUT2D eigenvalue weighted by atomic mass is 19.1. The fraction of sp³-hybridized carbons (Fsp3) is 0.393. The maximum absolute atomic E-state index is 15.6. The molecule has 2 aromatic carbocycles. The Bertz CT molecular complexity index is 1320. The third-order valence-electron chi connectivity index (χ3n) is 7.40. The SMILES string of the molecule is CC1CN(c2cc(F)c(-c3cnc(N4CCOCC4)nc3)cc2NC(=O)c2cc(F)cc(F)c2)CC(C)N1C. The van der Waals surface area contributed by atoms with Crippen molar-refractivity contribution in [3.8, 4) is 11.1 Å². The van der Waals surface area contributed by atoms with Gasteiger partial charge in [-0.3, -0.25) is 9.69 Å². The predicted molar refractivity (Wildman–Crippen MR) is 144 cm³/mol. The number of hydrogen-bond acceptors (Lipinski definition) is 7. The Morgan fingerprint density at radius 2 is 1.54 bits per heavy atom. The van der Waals surface area contributed by atoms with Crippen LogP contribution in [-0.2, 0) is 4.74 Å². The van der Waals surface area contributed by atoms with Crippen LogP contribution in [0.1, 0.15) is 24.2 Å². The van der Waals surface area contributed by atoms with Gasteiger partial charge in [-0.25, -0.2) is 23.1 Å². The molecule has 8 nitrogen and oxygen atoms in total. The van der Waals surface area contributed by atoms with Crippen molar-refractivity contribution in [2.45, 2.75) is 25.9 Å². The van der Waals surface area contributed by atoms with Crippen molar-refractivity contribution < 1.29 is 22.7 Å². The lowest BCUT2D eigenvalue weighted by molar-refractivity contribution is 0.102. The van der Waals surface area contributed by atoms with E-state index in [2.05, 4.69) is 34.0 Å². The van der Waals surface area contributed by atoms with Crippen molar-refractivity contribution in [2.24, 2.45) is 0 Å². The Labute approximate surface area is 225 Å². The molecule has 3 aromatic rings. The van der Waals surface area contributed by atoms with Gasteiger partial charge in [-0.1, -0.05) is 0 Å². The molecule has 11 heteroatoms. The van der Waals surface area contributed by atoms with Crippen LogP contribution in [-0.4, -0.2) is 79.3 Å². The molecule has 206 valence electrons. The highest BCUT2D eigenvalue weighted by molar-refractivity contribution is 6.06. The molecule has 2 aliphatic heterocycles. The Morgan fingerprint density at radius 1 is 0.923 bits per heavy atom. The van der Waals surface area contributed by atoms with E-state index in [1.807, 2.05) is 16.8 Å². The van der Waals surface area contributed by atoms with Crippen LogP contribution in [0, 0.1) is 17.5 Å². The van der Waals surface area contributed by atoms with Gasteiger partial charge in [0.15, 0.2) is 0 Å². The number of halogens is 3. The molecule has 1 aromatic heterocycles. The van der Waals surface area contributed by atoms with Crippen LogP contribution in [0.5, 0.6) is 0 Å². The minimum Gasteiger partial charge on any atom is -0.378 e. The van der Waals surface area contributed by atoms with Crippen LogP contribution < -0.4 is 15.1 Å². The summed E-state index contributed by atoms with van der Waals surface area (Å²) in [5.74, 6) is -2.40. The van der Waals surface area contributed by atoms with Gasteiger partial charge < -0.3 is 19.9 Å². The maximum atomic E-state index is 15.6. The zero-order valence-corrected chi connectivity index (χ0v) is 22.1. The van der Waals surface area contributed by atoms with Gasteiger partial charge in [0.05, 0.1) is 24.6 Å². The fourth-order valence-corrected chi connectivity index (χ4v) is 5.01. The second kappa shape index (κ2) is 11.2. The topological polar surface area (TPSA) is 73.8 Å². The highest BCUT2D eigenvalue weighted by Crippen LogP contribution is 2.36. The highest BCUT2D eigenvalue weighted by Gasteiger charge is 2.29. The van der Waals surface area contributed by atoms with Gasteiger partial charge in [-0.2, -0.15) is 0 Å². The summed E-state index contributed by atoms with van der Waals surface area (Å²) >= 11 is 0. The molecule has 0 saturated carbocycles. The Balaban J connectivity index is 1.51. The molecule has 0 bridgehead atoms. The predicted octanol–water partition coefficient (Wildman–Crippen LogP) is 4.18. The second-order valence-electron chi connectivity index (χ2n) is 10.1. The molecule has 0 aliphatic carbocycles. The normalized spacial score (nSPS) is 20.3. The van der Waals surface area contributed by atoms with Gasteiger partial charge in [0.2, 0.25) is 5.95 Å². The van der Waals surface area contributed by atoms with E-state index in [4.69, 9.17) is 4.74 Å². The number of carbonyl (C=O) groups excluding carboxylic acids is 1. The monoisotopic (exact) mass is 540 g/mol. The maximum Gasteiger partial charge on any atom is 0.255 e. The number of piperazine rings is 1. The first kappa shape index (κ1) is 26.9. The van der Waals surface area contributed by atoms with E-state index in [9.17, 15) is 13.6 Å². The van der Waals surface area contributed by atoms with Crippen molar-refractivity contribution in [1.29, 1.82) is 0 Å². The molecule has 0 spiro atoms. The van der Waals surface area contributed by atoms with Gasteiger partial charge in [0.25, 0.3) is 5.91 Å². The molecule has 2 atom stereocenters. The van der Waals surface area contributed by atoms with E-state index in [-0.39, 0.29) is 23.2 Å². The average molecular weight is 541 g/mol. The van der Waals surface area contributed by atoms with E-state index in [0.29, 0.717) is 68.3 Å². The number of benzene rings is 2. The Kier molecular flexibility index (Phi) is 7.72. The second-order valence-corrected chi connectivity index (χ2v) is 10.1. The van der Waals surface area contributed by atoms with E-state index in [1.165, 1.54) is 12.1 Å². The number of ether oxygens (including phenoxy) is 1. The van der Waals surface area contributed by atoms with Gasteiger partial charge in [-0.05, 0) is 45.2 Å². The molecule has 2 saturated heterocycles. The molecule has 0 radical (unpaired) electrons. The van der Waals surface area contributed by atoms with E-state index in [1.54, 1.807) is 12.4 Å². The van der Waals surface area contributed by atoms with Crippen molar-refractivity contribution in [3.63, 3.8) is 0 Å². The fourth-order valence-electron chi connectivity index (χ4n) is 5.01. The lowest BCUT2D eigenvalue weighted by atomic mass is 10.0. The number of nitrogens with one attached hydrogen (secondary N) is 1. The number of carbonyl (C=O) groups is 1. The van der Waals surface area contributed by atoms with E-state index in [0.717, 1.165) is 12.1 Å². The summed E-state index contributed by atoms with van der Waals surface area (Å²) in [6.45, 7) is 7.88. The summed E-state index contributed by atoms with van der Waals surface area (Å²) in [6.07, 6.45) is 3.09.